The van der Waals surface area contributed by atoms with Crippen molar-refractivity contribution in [1.29, 1.82) is 0 Å². The number of rotatable bonds is 2. The molecule has 3 rings (SSSR count). The standard InChI is InChI=1S/C13H10ClN3O/c14-10-1-3-11(4-2-10)17-7-12(15)13(16-17)9-5-6-18-8-9/h1-8H,15H2. The molecule has 2 heterocycles. The molecular weight excluding hydrogens is 250 g/mol. The Morgan fingerprint density at radius 2 is 1.94 bits per heavy atom. The van der Waals surface area contributed by atoms with E-state index in [-0.39, 0.29) is 0 Å². The maximum Gasteiger partial charge on any atom is 0.119 e. The molecule has 0 radical (unpaired) electrons. The van der Waals surface area contributed by atoms with Crippen LogP contribution in [0.25, 0.3) is 16.9 Å². The SMILES string of the molecule is Nc1cn(-c2ccc(Cl)cc2)nc1-c1ccoc1. The second-order valence-corrected chi connectivity index (χ2v) is 4.30. The Balaban J connectivity index is 2.05. The smallest absolute Gasteiger partial charge is 0.119 e. The van der Waals surface area contributed by atoms with Crippen molar-refractivity contribution in [1.82, 2.24) is 9.78 Å². The van der Waals surface area contributed by atoms with Crippen LogP contribution in [-0.4, -0.2) is 9.78 Å². The van der Waals surface area contributed by atoms with Gasteiger partial charge in [0.2, 0.25) is 0 Å². The van der Waals surface area contributed by atoms with Gasteiger partial charge in [0, 0.05) is 10.6 Å². The fourth-order valence-corrected chi connectivity index (χ4v) is 1.86. The first-order valence-corrected chi connectivity index (χ1v) is 5.75. The first-order valence-electron chi connectivity index (χ1n) is 5.38. The molecule has 0 aliphatic carbocycles. The van der Waals surface area contributed by atoms with Gasteiger partial charge in [-0.15, -0.1) is 0 Å². The van der Waals surface area contributed by atoms with E-state index in [0.29, 0.717) is 16.4 Å². The Bertz CT molecular complexity index is 656. The molecule has 0 fully saturated rings. The number of hydrogen-bond acceptors (Lipinski definition) is 3. The van der Waals surface area contributed by atoms with Crippen LogP contribution in [0.4, 0.5) is 5.69 Å². The average molecular weight is 260 g/mol. The van der Waals surface area contributed by atoms with Gasteiger partial charge in [-0.3, -0.25) is 0 Å². The van der Waals surface area contributed by atoms with Crippen LogP contribution in [0.5, 0.6) is 0 Å². The molecule has 5 heteroatoms. The van der Waals surface area contributed by atoms with Gasteiger partial charge in [0.05, 0.1) is 30.1 Å². The maximum atomic E-state index is 5.95. The number of benzene rings is 1. The summed E-state index contributed by atoms with van der Waals surface area (Å²) in [7, 11) is 0. The Kier molecular flexibility index (Phi) is 2.57. The summed E-state index contributed by atoms with van der Waals surface area (Å²) in [6, 6.07) is 9.21. The van der Waals surface area contributed by atoms with Crippen molar-refractivity contribution >= 4 is 17.3 Å². The van der Waals surface area contributed by atoms with E-state index in [1.54, 1.807) is 23.4 Å². The lowest BCUT2D eigenvalue weighted by molar-refractivity contribution is 0.568. The van der Waals surface area contributed by atoms with E-state index in [1.807, 2.05) is 30.3 Å². The molecular formula is C13H10ClN3O. The molecule has 0 amide bonds. The fraction of sp³-hybridized carbons (Fsp3) is 0. The molecule has 2 aromatic heterocycles. The average Bonchev–Trinajstić information content (AvgIpc) is 2.99. The van der Waals surface area contributed by atoms with Gasteiger partial charge in [-0.05, 0) is 30.3 Å². The molecule has 0 saturated heterocycles. The van der Waals surface area contributed by atoms with E-state index >= 15 is 0 Å². The number of nitrogens with zero attached hydrogens (tertiary/aromatic N) is 2. The predicted molar refractivity (Wildman–Crippen MR) is 70.7 cm³/mol. The van der Waals surface area contributed by atoms with E-state index < -0.39 is 0 Å². The Hall–Kier alpha value is -2.20. The van der Waals surface area contributed by atoms with Crippen molar-refractivity contribution in [2.45, 2.75) is 0 Å². The van der Waals surface area contributed by atoms with Gasteiger partial charge in [0.1, 0.15) is 5.69 Å². The summed E-state index contributed by atoms with van der Waals surface area (Å²) in [4.78, 5) is 0. The van der Waals surface area contributed by atoms with Crippen LogP contribution in [0, 0.1) is 0 Å². The van der Waals surface area contributed by atoms with Crippen molar-refractivity contribution < 1.29 is 4.42 Å². The highest BCUT2D eigenvalue weighted by molar-refractivity contribution is 6.30. The molecule has 0 unspecified atom stereocenters. The molecule has 2 N–H and O–H groups in total. The first-order chi connectivity index (χ1) is 8.74. The molecule has 4 nitrogen and oxygen atoms in total. The summed E-state index contributed by atoms with van der Waals surface area (Å²) in [5, 5.41) is 5.13. The molecule has 1 aromatic carbocycles. The third-order valence-corrected chi connectivity index (χ3v) is 2.88. The first kappa shape index (κ1) is 10.9. The highest BCUT2D eigenvalue weighted by Gasteiger charge is 2.10. The minimum atomic E-state index is 0.603. The van der Waals surface area contributed by atoms with Crippen LogP contribution in [-0.2, 0) is 0 Å². The zero-order chi connectivity index (χ0) is 12.5. The van der Waals surface area contributed by atoms with E-state index in [1.165, 1.54) is 0 Å². The predicted octanol–water partition coefficient (Wildman–Crippen LogP) is 3.37. The molecule has 0 saturated carbocycles. The summed E-state index contributed by atoms with van der Waals surface area (Å²) in [5.74, 6) is 0. The van der Waals surface area contributed by atoms with Crippen LogP contribution in [0.15, 0.2) is 53.5 Å². The molecule has 0 aliphatic heterocycles. The highest BCUT2D eigenvalue weighted by Crippen LogP contribution is 2.25. The lowest BCUT2D eigenvalue weighted by Gasteiger charge is -2.00. The van der Waals surface area contributed by atoms with Crippen molar-refractivity contribution in [2.24, 2.45) is 0 Å². The summed E-state index contributed by atoms with van der Waals surface area (Å²) in [5.41, 5.74) is 9.02. The number of furan rings is 1. The number of nitrogen functional groups attached to an aromatic ring is 1. The molecule has 3 aromatic rings. The molecule has 0 atom stereocenters. The minimum Gasteiger partial charge on any atom is -0.472 e. The van der Waals surface area contributed by atoms with E-state index in [9.17, 15) is 0 Å². The number of nitrogens with two attached hydrogens (primary N) is 1. The molecule has 0 aliphatic rings. The number of anilines is 1. The largest absolute Gasteiger partial charge is 0.472 e. The van der Waals surface area contributed by atoms with Crippen LogP contribution >= 0.6 is 11.6 Å². The Morgan fingerprint density at radius 3 is 2.61 bits per heavy atom. The van der Waals surface area contributed by atoms with Gasteiger partial charge in [0.15, 0.2) is 0 Å². The summed E-state index contributed by atoms with van der Waals surface area (Å²) < 4.78 is 6.75. The van der Waals surface area contributed by atoms with Gasteiger partial charge in [-0.25, -0.2) is 4.68 Å². The lowest BCUT2D eigenvalue weighted by Crippen LogP contribution is -1.93. The number of halogens is 1. The van der Waals surface area contributed by atoms with E-state index in [2.05, 4.69) is 5.10 Å². The van der Waals surface area contributed by atoms with E-state index in [0.717, 1.165) is 11.3 Å². The number of aromatic nitrogens is 2. The summed E-state index contributed by atoms with van der Waals surface area (Å²) in [6.45, 7) is 0. The van der Waals surface area contributed by atoms with E-state index in [4.69, 9.17) is 21.8 Å². The van der Waals surface area contributed by atoms with Crippen LogP contribution in [0.2, 0.25) is 5.02 Å². The van der Waals surface area contributed by atoms with Crippen molar-refractivity contribution in [3.63, 3.8) is 0 Å². The molecule has 18 heavy (non-hydrogen) atoms. The zero-order valence-corrected chi connectivity index (χ0v) is 10.1. The minimum absolute atomic E-state index is 0.603. The molecule has 0 spiro atoms. The lowest BCUT2D eigenvalue weighted by atomic mass is 10.2. The monoisotopic (exact) mass is 259 g/mol. The van der Waals surface area contributed by atoms with Crippen LogP contribution in [0.1, 0.15) is 0 Å². The molecule has 0 bridgehead atoms. The normalized spacial score (nSPS) is 10.7. The quantitative estimate of drug-likeness (QED) is 0.768. The fourth-order valence-electron chi connectivity index (χ4n) is 1.74. The van der Waals surface area contributed by atoms with Gasteiger partial charge < -0.3 is 10.2 Å². The van der Waals surface area contributed by atoms with Crippen LogP contribution in [0.3, 0.4) is 0 Å². The Morgan fingerprint density at radius 1 is 1.17 bits per heavy atom. The van der Waals surface area contributed by atoms with Crippen molar-refractivity contribution in [2.75, 3.05) is 5.73 Å². The Labute approximate surface area is 109 Å². The highest BCUT2D eigenvalue weighted by atomic mass is 35.5. The zero-order valence-electron chi connectivity index (χ0n) is 9.38. The third kappa shape index (κ3) is 1.87. The third-order valence-electron chi connectivity index (χ3n) is 2.63. The second-order valence-electron chi connectivity index (χ2n) is 3.87. The van der Waals surface area contributed by atoms with Gasteiger partial charge in [-0.2, -0.15) is 5.10 Å². The van der Waals surface area contributed by atoms with Crippen LogP contribution < -0.4 is 5.73 Å². The van der Waals surface area contributed by atoms with Gasteiger partial charge in [-0.1, -0.05) is 11.6 Å². The van der Waals surface area contributed by atoms with Crippen molar-refractivity contribution in [3.05, 3.63) is 54.1 Å². The van der Waals surface area contributed by atoms with Gasteiger partial charge >= 0.3 is 0 Å². The number of hydrogen-bond donors (Lipinski definition) is 1. The summed E-state index contributed by atoms with van der Waals surface area (Å²) in [6.07, 6.45) is 4.98. The second kappa shape index (κ2) is 4.23. The van der Waals surface area contributed by atoms with Gasteiger partial charge in [0.25, 0.3) is 0 Å². The molecule has 90 valence electrons. The van der Waals surface area contributed by atoms with Crippen molar-refractivity contribution in [3.8, 4) is 16.9 Å². The summed E-state index contributed by atoms with van der Waals surface area (Å²) >= 11 is 5.85. The maximum absolute atomic E-state index is 5.95. The topological polar surface area (TPSA) is 57.0 Å².